The van der Waals surface area contributed by atoms with Crippen LogP contribution in [0.25, 0.3) is 0 Å². The highest BCUT2D eigenvalue weighted by atomic mass is 19.1. The first-order chi connectivity index (χ1) is 8.93. The van der Waals surface area contributed by atoms with Crippen LogP contribution in [-0.2, 0) is 6.54 Å². The number of halogens is 1. The highest BCUT2D eigenvalue weighted by molar-refractivity contribution is 5.36. The van der Waals surface area contributed by atoms with Crippen LogP contribution >= 0.6 is 0 Å². The minimum atomic E-state index is -0.803. The summed E-state index contributed by atoms with van der Waals surface area (Å²) in [6.45, 7) is 4.12. The number of aliphatic hydroxyl groups is 1. The topological polar surface area (TPSA) is 75.4 Å². The number of nitro groups is 1. The van der Waals surface area contributed by atoms with Crippen molar-refractivity contribution >= 4 is 5.69 Å². The molecule has 1 aromatic rings. The largest absolute Gasteiger partial charge is 0.396 e. The van der Waals surface area contributed by atoms with Crippen LogP contribution < -0.4 is 5.32 Å². The summed E-state index contributed by atoms with van der Waals surface area (Å²) < 4.78 is 13.9. The Morgan fingerprint density at radius 3 is 2.74 bits per heavy atom. The summed E-state index contributed by atoms with van der Waals surface area (Å²) in [5.74, 6) is -0.803. The summed E-state index contributed by atoms with van der Waals surface area (Å²) in [6.07, 6.45) is 1.31. The molecule has 19 heavy (non-hydrogen) atoms. The van der Waals surface area contributed by atoms with Crippen molar-refractivity contribution in [2.75, 3.05) is 6.61 Å². The Kier molecular flexibility index (Phi) is 5.38. The lowest BCUT2D eigenvalue weighted by Gasteiger charge is -2.29. The summed E-state index contributed by atoms with van der Waals surface area (Å²) in [5, 5.41) is 22.8. The predicted molar refractivity (Wildman–Crippen MR) is 70.3 cm³/mol. The molecule has 5 nitrogen and oxygen atoms in total. The van der Waals surface area contributed by atoms with E-state index in [0.717, 1.165) is 12.5 Å². The van der Waals surface area contributed by atoms with Gasteiger partial charge in [-0.25, -0.2) is 0 Å². The highest BCUT2D eigenvalue weighted by Crippen LogP contribution is 2.21. The van der Waals surface area contributed by atoms with Gasteiger partial charge in [0, 0.05) is 30.3 Å². The molecule has 6 heteroatoms. The summed E-state index contributed by atoms with van der Waals surface area (Å²) in [4.78, 5) is 9.92. The molecule has 0 aromatic heterocycles. The van der Waals surface area contributed by atoms with Gasteiger partial charge >= 0.3 is 5.69 Å². The molecule has 1 atom stereocenters. The van der Waals surface area contributed by atoms with Gasteiger partial charge in [0.2, 0.25) is 5.82 Å². The number of hydrogen-bond acceptors (Lipinski definition) is 4. The average molecular weight is 270 g/mol. The van der Waals surface area contributed by atoms with E-state index in [4.69, 9.17) is 5.11 Å². The summed E-state index contributed by atoms with van der Waals surface area (Å²) in [7, 11) is 0. The Labute approximate surface area is 111 Å². The maximum Gasteiger partial charge on any atom is 0.305 e. The van der Waals surface area contributed by atoms with Crippen molar-refractivity contribution in [2.45, 2.75) is 38.8 Å². The molecule has 0 saturated carbocycles. The van der Waals surface area contributed by atoms with Crippen molar-refractivity contribution in [3.63, 3.8) is 0 Å². The van der Waals surface area contributed by atoms with Gasteiger partial charge in [-0.05, 0) is 19.8 Å². The van der Waals surface area contributed by atoms with E-state index in [2.05, 4.69) is 5.32 Å². The monoisotopic (exact) mass is 270 g/mol. The fourth-order valence-electron chi connectivity index (χ4n) is 1.79. The quantitative estimate of drug-likeness (QED) is 0.589. The maximum absolute atomic E-state index is 13.9. The lowest BCUT2D eigenvalue weighted by molar-refractivity contribution is -0.387. The number of nitrogens with one attached hydrogen (secondary N) is 1. The molecule has 0 aliphatic carbocycles. The second kappa shape index (κ2) is 6.58. The number of hydrogen-bond donors (Lipinski definition) is 2. The van der Waals surface area contributed by atoms with E-state index in [1.54, 1.807) is 0 Å². The average Bonchev–Trinajstić information content (AvgIpc) is 2.37. The third-order valence-corrected chi connectivity index (χ3v) is 3.40. The van der Waals surface area contributed by atoms with Crippen molar-refractivity contribution in [1.82, 2.24) is 5.32 Å². The Bertz CT molecular complexity index is 454. The van der Waals surface area contributed by atoms with Gasteiger partial charge in [0.15, 0.2) is 0 Å². The Morgan fingerprint density at radius 1 is 1.53 bits per heavy atom. The fourth-order valence-corrected chi connectivity index (χ4v) is 1.79. The molecular weight excluding hydrogens is 251 g/mol. The van der Waals surface area contributed by atoms with Crippen LogP contribution in [-0.4, -0.2) is 22.2 Å². The number of nitrogens with zero attached hydrogens (tertiary/aromatic N) is 1. The van der Waals surface area contributed by atoms with E-state index in [9.17, 15) is 14.5 Å². The van der Waals surface area contributed by atoms with E-state index in [1.165, 1.54) is 12.1 Å². The predicted octanol–water partition coefficient (Wildman–Crippen LogP) is 2.37. The highest BCUT2D eigenvalue weighted by Gasteiger charge is 2.22. The first-order valence-corrected chi connectivity index (χ1v) is 6.21. The summed E-state index contributed by atoms with van der Waals surface area (Å²) in [6, 6.07) is 4.13. The van der Waals surface area contributed by atoms with E-state index >= 15 is 0 Å². The third-order valence-electron chi connectivity index (χ3n) is 3.40. The van der Waals surface area contributed by atoms with Crippen molar-refractivity contribution in [2.24, 2.45) is 0 Å². The first-order valence-electron chi connectivity index (χ1n) is 6.21. The van der Waals surface area contributed by atoms with Gasteiger partial charge < -0.3 is 10.4 Å². The summed E-state index contributed by atoms with van der Waals surface area (Å²) in [5.41, 5.74) is -0.572. The lowest BCUT2D eigenvalue weighted by Crippen LogP contribution is -2.42. The van der Waals surface area contributed by atoms with Crippen LogP contribution in [0.2, 0.25) is 0 Å². The lowest BCUT2D eigenvalue weighted by atomic mass is 9.94. The smallest absolute Gasteiger partial charge is 0.305 e. The summed E-state index contributed by atoms with van der Waals surface area (Å²) >= 11 is 0. The van der Waals surface area contributed by atoms with E-state index < -0.39 is 16.4 Å². The first kappa shape index (κ1) is 15.5. The molecule has 1 aromatic carbocycles. The molecule has 0 heterocycles. The number of rotatable bonds is 7. The van der Waals surface area contributed by atoms with Crippen molar-refractivity contribution in [1.29, 1.82) is 0 Å². The van der Waals surface area contributed by atoms with Gasteiger partial charge in [-0.3, -0.25) is 10.1 Å². The molecule has 1 unspecified atom stereocenters. The van der Waals surface area contributed by atoms with Crippen molar-refractivity contribution < 1.29 is 14.4 Å². The van der Waals surface area contributed by atoms with Crippen LogP contribution in [0, 0.1) is 15.9 Å². The zero-order chi connectivity index (χ0) is 14.5. The van der Waals surface area contributed by atoms with Gasteiger partial charge in [0.05, 0.1) is 4.92 Å². The number of aliphatic hydroxyl groups excluding tert-OH is 1. The van der Waals surface area contributed by atoms with Crippen molar-refractivity contribution in [3.8, 4) is 0 Å². The molecule has 2 N–H and O–H groups in total. The molecule has 0 fully saturated rings. The Balaban J connectivity index is 2.83. The normalized spacial score (nSPS) is 14.1. The number of benzene rings is 1. The van der Waals surface area contributed by atoms with Gasteiger partial charge in [-0.15, -0.1) is 0 Å². The molecule has 0 radical (unpaired) electrons. The SMILES string of the molecule is CCC(C)(CCO)NCc1cccc([N+](=O)[O-])c1F. The van der Waals surface area contributed by atoms with E-state index in [1.807, 2.05) is 13.8 Å². The molecule has 0 spiro atoms. The third kappa shape index (κ3) is 3.97. The number of nitro benzene ring substituents is 1. The minimum Gasteiger partial charge on any atom is -0.396 e. The molecular formula is C13H19FN2O3. The standard InChI is InChI=1S/C13H19FN2O3/c1-3-13(2,7-8-17)15-9-10-5-4-6-11(12(10)14)16(18)19/h4-6,15,17H,3,7-9H2,1-2H3. The molecule has 1 rings (SSSR count). The molecule has 0 aliphatic heterocycles. The molecule has 0 saturated heterocycles. The van der Waals surface area contributed by atoms with Crippen LogP contribution in [0.5, 0.6) is 0 Å². The van der Waals surface area contributed by atoms with Crippen LogP contribution in [0.3, 0.4) is 0 Å². The van der Waals surface area contributed by atoms with Gasteiger partial charge in [0.25, 0.3) is 0 Å². The molecule has 0 bridgehead atoms. The van der Waals surface area contributed by atoms with Crippen LogP contribution in [0.15, 0.2) is 18.2 Å². The second-order valence-electron chi connectivity index (χ2n) is 4.75. The Morgan fingerprint density at radius 2 is 2.21 bits per heavy atom. The van der Waals surface area contributed by atoms with Crippen molar-refractivity contribution in [3.05, 3.63) is 39.7 Å². The zero-order valence-electron chi connectivity index (χ0n) is 11.1. The molecule has 0 aliphatic rings. The van der Waals surface area contributed by atoms with E-state index in [0.29, 0.717) is 6.42 Å². The molecule has 0 amide bonds. The van der Waals surface area contributed by atoms with Crippen LogP contribution in [0.4, 0.5) is 10.1 Å². The van der Waals surface area contributed by atoms with Gasteiger partial charge in [-0.1, -0.05) is 19.1 Å². The molecule has 106 valence electrons. The van der Waals surface area contributed by atoms with Crippen LogP contribution in [0.1, 0.15) is 32.3 Å². The Hall–Kier alpha value is -1.53. The van der Waals surface area contributed by atoms with E-state index in [-0.39, 0.29) is 24.3 Å². The fraction of sp³-hybridized carbons (Fsp3) is 0.538. The zero-order valence-corrected chi connectivity index (χ0v) is 11.1. The maximum atomic E-state index is 13.9. The minimum absolute atomic E-state index is 0.0365. The second-order valence-corrected chi connectivity index (χ2v) is 4.75. The van der Waals surface area contributed by atoms with Gasteiger partial charge in [0.1, 0.15) is 0 Å². The van der Waals surface area contributed by atoms with Gasteiger partial charge in [-0.2, -0.15) is 4.39 Å².